The minimum atomic E-state index is 0. The molecule has 4 aliphatic rings. The Labute approximate surface area is 347 Å². The molecular weight excluding hydrogens is 747 g/mol. The van der Waals surface area contributed by atoms with Crippen molar-refractivity contribution in [2.75, 3.05) is 107 Å². The predicted molar refractivity (Wildman–Crippen MR) is 222 cm³/mol. The van der Waals surface area contributed by atoms with Crippen molar-refractivity contribution in [2.45, 2.75) is 18.3 Å². The molecule has 9 nitrogen and oxygen atoms in total. The van der Waals surface area contributed by atoms with Crippen molar-refractivity contribution in [3.63, 3.8) is 0 Å². The maximum atomic E-state index is 5.54. The van der Waals surface area contributed by atoms with Gasteiger partial charge < -0.3 is 34.2 Å². The summed E-state index contributed by atoms with van der Waals surface area (Å²) in [6, 6.07) is 37.8. The summed E-state index contributed by atoms with van der Waals surface area (Å²) >= 11 is 3.47. The van der Waals surface area contributed by atoms with E-state index >= 15 is 0 Å². The van der Waals surface area contributed by atoms with E-state index in [-0.39, 0.29) is 24.3 Å². The van der Waals surface area contributed by atoms with Crippen LogP contribution < -0.4 is 38.9 Å². The minimum Gasteiger partial charge on any atom is -0.419 e. The van der Waals surface area contributed by atoms with Gasteiger partial charge in [0.25, 0.3) is 0 Å². The number of benzene rings is 4. The number of piperidine rings is 1. The van der Waals surface area contributed by atoms with E-state index in [2.05, 4.69) is 125 Å². The Kier molecular flexibility index (Phi) is 15.7. The number of nitrogens with one attached hydrogen (secondary N) is 2. The molecule has 0 atom stereocenters. The van der Waals surface area contributed by atoms with Crippen molar-refractivity contribution in [1.82, 2.24) is 15.5 Å². The van der Waals surface area contributed by atoms with Crippen LogP contribution >= 0.6 is 15.9 Å². The summed E-state index contributed by atoms with van der Waals surface area (Å²) in [5.74, 6) is 0. The smallest absolute Gasteiger partial charge is 0.419 e. The molecule has 2 N–H and O–H groups in total. The summed E-state index contributed by atoms with van der Waals surface area (Å²) in [7, 11) is 0. The van der Waals surface area contributed by atoms with E-state index < -0.39 is 0 Å². The Balaban J connectivity index is 0.000000163. The van der Waals surface area contributed by atoms with Crippen LogP contribution in [0.4, 0.5) is 17.1 Å². The number of ether oxygens (including phenoxy) is 3. The zero-order chi connectivity index (χ0) is 36.8. The number of H-pyrrole nitrogens is 1. The Hall–Kier alpha value is -3.59. The molecule has 4 fully saturated rings. The van der Waals surface area contributed by atoms with Crippen molar-refractivity contribution >= 4 is 33.0 Å². The number of morpholine rings is 3. The van der Waals surface area contributed by atoms with Gasteiger partial charge in [-0.25, -0.2) is 0 Å². The number of halogens is 1. The van der Waals surface area contributed by atoms with Crippen molar-refractivity contribution in [1.29, 1.82) is 0 Å². The van der Waals surface area contributed by atoms with E-state index in [1.807, 2.05) is 36.7 Å². The van der Waals surface area contributed by atoms with Gasteiger partial charge in [-0.2, -0.15) is 29.4 Å². The Morgan fingerprint density at radius 1 is 0.618 bits per heavy atom. The van der Waals surface area contributed by atoms with Gasteiger partial charge in [-0.15, -0.1) is 6.07 Å². The second-order valence-electron chi connectivity index (χ2n) is 14.0. The first-order chi connectivity index (χ1) is 26.7. The number of aromatic nitrogens is 2. The van der Waals surface area contributed by atoms with Crippen LogP contribution in [0, 0.1) is 6.07 Å². The van der Waals surface area contributed by atoms with Crippen molar-refractivity contribution < 1.29 is 33.1 Å². The second-order valence-corrected chi connectivity index (χ2v) is 14.9. The molecule has 4 saturated heterocycles. The molecule has 284 valence electrons. The van der Waals surface area contributed by atoms with Crippen LogP contribution in [0.15, 0.2) is 114 Å². The summed E-state index contributed by atoms with van der Waals surface area (Å²) in [6.45, 7) is 13.0. The monoisotopic (exact) mass is 798 g/mol. The normalized spacial score (nSPS) is 18.2. The molecule has 4 aliphatic heterocycles. The number of hydrogen-bond donors (Lipinski definition) is 2. The summed E-state index contributed by atoms with van der Waals surface area (Å²) in [6.07, 6.45) is 6.05. The van der Waals surface area contributed by atoms with Gasteiger partial charge in [0.2, 0.25) is 0 Å². The molecule has 0 spiro atoms. The summed E-state index contributed by atoms with van der Waals surface area (Å²) < 4.78 is 17.2. The average molecular weight is 800 g/mol. The number of hydrogen-bond acceptors (Lipinski definition) is 8. The van der Waals surface area contributed by atoms with Gasteiger partial charge in [-0.05, 0) is 73.0 Å². The molecule has 1 aromatic heterocycles. The quantitative estimate of drug-likeness (QED) is 0.196. The van der Waals surface area contributed by atoms with Gasteiger partial charge in [-0.3, -0.25) is 5.10 Å². The molecule has 0 unspecified atom stereocenters. The number of anilines is 3. The largest absolute Gasteiger partial charge is 1.00 e. The number of rotatable bonds is 6. The van der Waals surface area contributed by atoms with Crippen LogP contribution in [0.3, 0.4) is 0 Å². The first kappa shape index (κ1) is 41.1. The first-order valence-corrected chi connectivity index (χ1v) is 20.1. The molecule has 0 saturated carbocycles. The molecular formula is C44H52BrLiN6O3. The Morgan fingerprint density at radius 3 is 1.73 bits per heavy atom. The van der Waals surface area contributed by atoms with Crippen LogP contribution in [0.1, 0.15) is 24.0 Å². The van der Waals surface area contributed by atoms with Crippen LogP contribution in [0.2, 0.25) is 0 Å². The average Bonchev–Trinajstić information content (AvgIpc) is 3.82. The van der Waals surface area contributed by atoms with E-state index in [0.717, 1.165) is 115 Å². The fourth-order valence-electron chi connectivity index (χ4n) is 7.71. The molecule has 0 radical (unpaired) electrons. The van der Waals surface area contributed by atoms with Gasteiger partial charge >= 0.3 is 18.9 Å². The summed E-state index contributed by atoms with van der Waals surface area (Å²) in [5.41, 5.74) is 9.07. The fraction of sp³-hybridized carbons (Fsp3) is 0.386. The third-order valence-corrected chi connectivity index (χ3v) is 11.2. The van der Waals surface area contributed by atoms with Crippen molar-refractivity contribution in [3.05, 3.63) is 131 Å². The molecule has 5 heterocycles. The van der Waals surface area contributed by atoms with Gasteiger partial charge in [-0.1, -0.05) is 64.1 Å². The predicted octanol–water partition coefficient (Wildman–Crippen LogP) is 4.20. The third-order valence-electron chi connectivity index (χ3n) is 10.8. The third kappa shape index (κ3) is 11.0. The van der Waals surface area contributed by atoms with Gasteiger partial charge in [0.15, 0.2) is 0 Å². The van der Waals surface area contributed by atoms with Gasteiger partial charge in [0.05, 0.1) is 45.8 Å². The molecule has 9 rings (SSSR count). The summed E-state index contributed by atoms with van der Waals surface area (Å²) in [4.78, 5) is 7.11. The van der Waals surface area contributed by atoms with E-state index in [0.29, 0.717) is 0 Å². The standard InChI is InChI=1S/C24H28N4O.C10H12BrNO.C10H12NO.Li/c1-2-22(16-23(3-1)28-12-14-29-15-13-28)24(8-10-25-11-9-24)21-6-4-19(5-7-21)20-17-26-27-18-20;11-9-2-1-3-10(8-9)12-4-6-13-7-5-12;1-2-4-10(5-3-1)11-6-8-12-9-7-11;/h1-7,16-18,25H,8-15H2,(H,26,27);1-3,8H,4-7H2;1-2,4-5H,6-9H2;/q;;-1;+1. The number of aromatic amines is 1. The Morgan fingerprint density at radius 2 is 1.18 bits per heavy atom. The first-order valence-electron chi connectivity index (χ1n) is 19.3. The maximum Gasteiger partial charge on any atom is 1.00 e. The molecule has 4 aromatic carbocycles. The zero-order valence-corrected chi connectivity index (χ0v) is 33.7. The molecule has 11 heteroatoms. The van der Waals surface area contributed by atoms with E-state index in [4.69, 9.17) is 14.2 Å². The van der Waals surface area contributed by atoms with Crippen LogP contribution in [-0.4, -0.2) is 102 Å². The van der Waals surface area contributed by atoms with E-state index in [9.17, 15) is 0 Å². The van der Waals surface area contributed by atoms with Crippen molar-refractivity contribution in [2.24, 2.45) is 0 Å². The molecule has 0 amide bonds. The fourth-order valence-corrected chi connectivity index (χ4v) is 8.09. The second kappa shape index (κ2) is 21.1. The van der Waals surface area contributed by atoms with E-state index in [1.54, 1.807) is 0 Å². The van der Waals surface area contributed by atoms with Crippen LogP contribution in [-0.2, 0) is 19.6 Å². The zero-order valence-electron chi connectivity index (χ0n) is 32.1. The topological polar surface area (TPSA) is 78.1 Å². The van der Waals surface area contributed by atoms with Crippen molar-refractivity contribution in [3.8, 4) is 11.1 Å². The molecule has 0 aliphatic carbocycles. The maximum absolute atomic E-state index is 5.54. The van der Waals surface area contributed by atoms with Crippen LogP contribution in [0.25, 0.3) is 11.1 Å². The number of nitrogens with zero attached hydrogens (tertiary/aromatic N) is 4. The van der Waals surface area contributed by atoms with Gasteiger partial charge in [0.1, 0.15) is 0 Å². The molecule has 5 aromatic rings. The molecule has 55 heavy (non-hydrogen) atoms. The Bertz CT molecular complexity index is 1820. The van der Waals surface area contributed by atoms with Crippen LogP contribution in [0.5, 0.6) is 0 Å². The van der Waals surface area contributed by atoms with E-state index in [1.165, 1.54) is 33.8 Å². The van der Waals surface area contributed by atoms with Gasteiger partial charge in [0, 0.05) is 72.3 Å². The minimum absolute atomic E-state index is 0. The summed E-state index contributed by atoms with van der Waals surface area (Å²) in [5, 5.41) is 10.5. The SMILES string of the molecule is Brc1cccc(N2CCOCC2)c1.[Li+].[c-]1cccc(N2CCOCC2)c1.c1cc(N2CCOCC2)cc(C2(c3ccc(-c4cn[nH]c4)cc3)CCNCC2)c1. The molecule has 0 bridgehead atoms.